The summed E-state index contributed by atoms with van der Waals surface area (Å²) in [6.07, 6.45) is -0.868. The van der Waals surface area contributed by atoms with Crippen molar-refractivity contribution in [3.05, 3.63) is 40.2 Å². The Kier molecular flexibility index (Phi) is 7.76. The number of nitro groups is 1. The molecule has 0 bridgehead atoms. The molecule has 1 aromatic carbocycles. The summed E-state index contributed by atoms with van der Waals surface area (Å²) >= 11 is 0.914. The highest BCUT2D eigenvalue weighted by Crippen LogP contribution is 2.41. The Hall–Kier alpha value is -3.94. The van der Waals surface area contributed by atoms with Gasteiger partial charge in [-0.15, -0.1) is 0 Å². The summed E-state index contributed by atoms with van der Waals surface area (Å²) in [5.41, 5.74) is 1.14. The van der Waals surface area contributed by atoms with E-state index in [0.29, 0.717) is 48.2 Å². The minimum atomic E-state index is -0.608. The number of hydrogen-bond acceptors (Lipinski definition) is 9. The average molecular weight is 535 g/mol. The summed E-state index contributed by atoms with van der Waals surface area (Å²) < 4.78 is 20.3. The van der Waals surface area contributed by atoms with Crippen LogP contribution in [0, 0.1) is 15.9 Å². The van der Waals surface area contributed by atoms with Crippen molar-refractivity contribution in [2.45, 2.75) is 26.4 Å². The van der Waals surface area contributed by atoms with Gasteiger partial charge in [-0.25, -0.2) is 9.18 Å². The van der Waals surface area contributed by atoms with Gasteiger partial charge in [0.2, 0.25) is 11.8 Å². The van der Waals surface area contributed by atoms with Crippen LogP contribution in [-0.4, -0.2) is 68.2 Å². The maximum Gasteiger partial charge on any atom is 0.414 e. The van der Waals surface area contributed by atoms with Crippen LogP contribution >= 0.6 is 11.3 Å². The highest BCUT2D eigenvalue weighted by molar-refractivity contribution is 7.20. The first-order valence-electron chi connectivity index (χ1n) is 11.8. The van der Waals surface area contributed by atoms with Crippen molar-refractivity contribution in [3.63, 3.8) is 0 Å². The maximum absolute atomic E-state index is 15.1. The van der Waals surface area contributed by atoms with Gasteiger partial charge in [0, 0.05) is 45.6 Å². The molecule has 3 amide bonds. The van der Waals surface area contributed by atoms with Crippen molar-refractivity contribution < 1.29 is 28.4 Å². The van der Waals surface area contributed by atoms with Crippen molar-refractivity contribution in [1.82, 2.24) is 5.32 Å². The van der Waals surface area contributed by atoms with Crippen LogP contribution in [0.2, 0.25) is 0 Å². The number of carbonyl (C=O) groups is 3. The second-order valence-corrected chi connectivity index (χ2v) is 9.65. The largest absolute Gasteiger partial charge is 0.442 e. The molecule has 0 aliphatic carbocycles. The normalized spacial score (nSPS) is 17.5. The van der Waals surface area contributed by atoms with E-state index in [1.165, 1.54) is 17.9 Å². The first-order valence-corrected chi connectivity index (χ1v) is 12.6. The molecule has 0 unspecified atom stereocenters. The molecular formula is C23H27FN6O6S. The number of carbonyl (C=O) groups excluding carboxylic acids is 3. The summed E-state index contributed by atoms with van der Waals surface area (Å²) in [7, 11) is 0. The molecule has 2 aliphatic heterocycles. The van der Waals surface area contributed by atoms with E-state index in [9.17, 15) is 24.5 Å². The highest BCUT2D eigenvalue weighted by atomic mass is 32.1. The molecule has 4 rings (SSSR count). The number of rotatable bonds is 8. The third-order valence-electron chi connectivity index (χ3n) is 6.10. The number of nitrogens with one attached hydrogen (secondary N) is 2. The van der Waals surface area contributed by atoms with E-state index in [2.05, 4.69) is 10.6 Å². The predicted octanol–water partition coefficient (Wildman–Crippen LogP) is 2.93. The molecule has 12 nitrogen and oxygen atoms in total. The molecular weight excluding hydrogens is 507 g/mol. The van der Waals surface area contributed by atoms with Gasteiger partial charge in [0.25, 0.3) is 0 Å². The number of cyclic esters (lactones) is 1. The second kappa shape index (κ2) is 11.0. The first-order chi connectivity index (χ1) is 17.7. The third-order valence-corrected chi connectivity index (χ3v) is 7.09. The lowest BCUT2D eigenvalue weighted by Crippen LogP contribution is -2.46. The van der Waals surface area contributed by atoms with Crippen LogP contribution in [0.15, 0.2) is 24.3 Å². The molecule has 1 aromatic heterocycles. The minimum absolute atomic E-state index is 0.0512. The number of ether oxygens (including phenoxy) is 1. The zero-order valence-corrected chi connectivity index (χ0v) is 21.2. The average Bonchev–Trinajstić information content (AvgIpc) is 3.46. The van der Waals surface area contributed by atoms with Crippen molar-refractivity contribution in [3.8, 4) is 0 Å². The van der Waals surface area contributed by atoms with Crippen LogP contribution in [0.3, 0.4) is 0 Å². The fraction of sp³-hybridized carbons (Fsp3) is 0.435. The van der Waals surface area contributed by atoms with Crippen LogP contribution < -0.4 is 25.3 Å². The van der Waals surface area contributed by atoms with E-state index in [1.54, 1.807) is 25.1 Å². The molecule has 3 heterocycles. The van der Waals surface area contributed by atoms with Crippen molar-refractivity contribution in [2.24, 2.45) is 0 Å². The van der Waals surface area contributed by atoms with Crippen LogP contribution in [-0.2, 0) is 14.3 Å². The summed E-state index contributed by atoms with van der Waals surface area (Å²) in [6, 6.07) is 6.12. The molecule has 0 spiro atoms. The predicted molar refractivity (Wildman–Crippen MR) is 137 cm³/mol. The Morgan fingerprint density at radius 3 is 2.46 bits per heavy atom. The van der Waals surface area contributed by atoms with Gasteiger partial charge >= 0.3 is 11.1 Å². The van der Waals surface area contributed by atoms with E-state index < -0.39 is 22.9 Å². The highest BCUT2D eigenvalue weighted by Gasteiger charge is 2.33. The molecule has 0 saturated carbocycles. The molecule has 2 aromatic rings. The number of hydrogen-bond donors (Lipinski definition) is 2. The Morgan fingerprint density at radius 2 is 1.86 bits per heavy atom. The SMILES string of the molecule is CCC(=O)Nc1cc(N2CCN(c3ccc(N4C[C@H](CNC(C)=O)OC4=O)cc3F)CC2)c([N+](=O)[O-])s1. The fourth-order valence-corrected chi connectivity index (χ4v) is 5.13. The van der Waals surface area contributed by atoms with Gasteiger partial charge in [-0.1, -0.05) is 6.92 Å². The lowest BCUT2D eigenvalue weighted by Gasteiger charge is -2.36. The van der Waals surface area contributed by atoms with Crippen LogP contribution in [0.1, 0.15) is 20.3 Å². The molecule has 1 atom stereocenters. The van der Waals surface area contributed by atoms with Gasteiger partial charge < -0.3 is 25.2 Å². The molecule has 2 aliphatic rings. The van der Waals surface area contributed by atoms with Gasteiger partial charge in [-0.2, -0.15) is 0 Å². The third kappa shape index (κ3) is 5.90. The molecule has 2 fully saturated rings. The van der Waals surface area contributed by atoms with Crippen molar-refractivity contribution in [1.29, 1.82) is 0 Å². The van der Waals surface area contributed by atoms with Crippen molar-refractivity contribution >= 4 is 56.3 Å². The monoisotopic (exact) mass is 534 g/mol. The van der Waals surface area contributed by atoms with Crippen LogP contribution in [0.25, 0.3) is 0 Å². The molecule has 14 heteroatoms. The lowest BCUT2D eigenvalue weighted by atomic mass is 10.2. The minimum Gasteiger partial charge on any atom is -0.442 e. The standard InChI is InChI=1S/C23H27FN6O6S/c1-3-20(32)26-21-11-19(22(37-21)30(34)35)28-8-6-27(7-9-28)18-5-4-15(10-17(18)24)29-13-16(36-23(29)33)12-25-14(2)31/h4-5,10-11,16H,3,6-9,12-13H2,1-2H3,(H,25,31)(H,26,32)/t16-/m0/s1. The number of nitrogens with zero attached hydrogens (tertiary/aromatic N) is 4. The van der Waals surface area contributed by atoms with Gasteiger partial charge in [0.1, 0.15) is 22.6 Å². The zero-order valence-electron chi connectivity index (χ0n) is 20.4. The number of halogens is 1. The van der Waals surface area contributed by atoms with E-state index in [4.69, 9.17) is 4.74 Å². The van der Waals surface area contributed by atoms with Gasteiger partial charge in [0.05, 0.1) is 29.4 Å². The van der Waals surface area contributed by atoms with Crippen LogP contribution in [0.5, 0.6) is 0 Å². The zero-order chi connectivity index (χ0) is 26.7. The Labute approximate surface area is 216 Å². The van der Waals surface area contributed by atoms with Gasteiger partial charge in [0.15, 0.2) is 0 Å². The number of thiophene rings is 1. The van der Waals surface area contributed by atoms with E-state index in [0.717, 1.165) is 11.3 Å². The number of anilines is 4. The maximum atomic E-state index is 15.1. The van der Waals surface area contributed by atoms with E-state index in [1.807, 2.05) is 9.80 Å². The van der Waals surface area contributed by atoms with Gasteiger partial charge in [-0.05, 0) is 29.5 Å². The number of benzene rings is 1. The second-order valence-electron chi connectivity index (χ2n) is 8.62. The Bertz CT molecular complexity index is 1210. The summed E-state index contributed by atoms with van der Waals surface area (Å²) in [5, 5.41) is 17.2. The topological polar surface area (TPSA) is 137 Å². The molecule has 2 N–H and O–H groups in total. The summed E-state index contributed by atoms with van der Waals surface area (Å²) in [4.78, 5) is 51.2. The molecule has 37 heavy (non-hydrogen) atoms. The number of piperazine rings is 1. The van der Waals surface area contributed by atoms with E-state index in [-0.39, 0.29) is 36.3 Å². The smallest absolute Gasteiger partial charge is 0.414 e. The van der Waals surface area contributed by atoms with E-state index >= 15 is 4.39 Å². The Morgan fingerprint density at radius 1 is 1.19 bits per heavy atom. The number of amides is 3. The molecule has 2 saturated heterocycles. The Balaban J connectivity index is 1.41. The first kappa shape index (κ1) is 26.1. The quantitative estimate of drug-likeness (QED) is 0.390. The molecule has 0 radical (unpaired) electrons. The fourth-order valence-electron chi connectivity index (χ4n) is 4.22. The lowest BCUT2D eigenvalue weighted by molar-refractivity contribution is -0.379. The summed E-state index contributed by atoms with van der Waals surface area (Å²) in [5.74, 6) is -0.964. The van der Waals surface area contributed by atoms with Crippen molar-refractivity contribution in [2.75, 3.05) is 59.3 Å². The van der Waals surface area contributed by atoms with Gasteiger partial charge in [-0.3, -0.25) is 24.6 Å². The summed E-state index contributed by atoms with van der Waals surface area (Å²) in [6.45, 7) is 5.12. The molecule has 198 valence electrons. The van der Waals surface area contributed by atoms with Crippen LogP contribution in [0.4, 0.5) is 36.2 Å².